The Morgan fingerprint density at radius 1 is 1.03 bits per heavy atom. The number of benzene rings is 2. The van der Waals surface area contributed by atoms with E-state index in [4.69, 9.17) is 4.99 Å². The standard InChI is InChI=1S/C30H33N3O4S/c1-19-15-23(22-3-2-4-25(16-22)38(36,37)24-8-9-24)7-10-26(19)27-31-30(12-13-30)29(35)33(27)18-20-11-14-32(17-20)28(34)21-5-6-21/h2-4,7,10,15-16,20-21,24H,5-6,8-9,11-14,17-18H2,1H3. The number of likely N-dealkylation sites (tertiary alicyclic amines) is 1. The molecule has 0 aromatic heterocycles. The van der Waals surface area contributed by atoms with E-state index in [2.05, 4.69) is 6.07 Å². The Kier molecular flexibility index (Phi) is 5.38. The minimum absolute atomic E-state index is 0.0981. The Morgan fingerprint density at radius 2 is 1.79 bits per heavy atom. The van der Waals surface area contributed by atoms with Crippen molar-refractivity contribution in [2.45, 2.75) is 67.6 Å². The monoisotopic (exact) mass is 531 g/mol. The zero-order chi connectivity index (χ0) is 26.2. The molecule has 7 nitrogen and oxygen atoms in total. The van der Waals surface area contributed by atoms with Crippen LogP contribution in [0.1, 0.15) is 56.1 Å². The predicted octanol–water partition coefficient (Wildman–Crippen LogP) is 3.98. The van der Waals surface area contributed by atoms with Crippen LogP contribution in [0.25, 0.3) is 11.1 Å². The molecular weight excluding hydrogens is 498 g/mol. The van der Waals surface area contributed by atoms with E-state index in [-0.39, 0.29) is 28.9 Å². The highest BCUT2D eigenvalue weighted by atomic mass is 32.2. The lowest BCUT2D eigenvalue weighted by Gasteiger charge is -2.24. The van der Waals surface area contributed by atoms with Gasteiger partial charge in [-0.05, 0) is 86.6 Å². The second-order valence-corrected chi connectivity index (χ2v) is 14.1. The molecule has 2 aliphatic heterocycles. The Morgan fingerprint density at radius 3 is 2.47 bits per heavy atom. The van der Waals surface area contributed by atoms with Crippen molar-refractivity contribution >= 4 is 27.5 Å². The summed E-state index contributed by atoms with van der Waals surface area (Å²) < 4.78 is 25.5. The lowest BCUT2D eigenvalue weighted by molar-refractivity contribution is -0.131. The van der Waals surface area contributed by atoms with E-state index in [1.54, 1.807) is 12.1 Å². The van der Waals surface area contributed by atoms with Crippen LogP contribution >= 0.6 is 0 Å². The number of aliphatic imine (C=N–C) groups is 1. The Labute approximate surface area is 223 Å². The van der Waals surface area contributed by atoms with Crippen molar-refractivity contribution < 1.29 is 18.0 Å². The summed E-state index contributed by atoms with van der Waals surface area (Å²) in [5.74, 6) is 1.61. The first-order valence-corrected chi connectivity index (χ1v) is 15.5. The second-order valence-electron chi connectivity index (χ2n) is 11.9. The summed E-state index contributed by atoms with van der Waals surface area (Å²) in [4.78, 5) is 35.2. The van der Waals surface area contributed by atoms with Gasteiger partial charge in [-0.2, -0.15) is 0 Å². The highest BCUT2D eigenvalue weighted by molar-refractivity contribution is 7.92. The third-order valence-corrected chi connectivity index (χ3v) is 11.1. The molecule has 198 valence electrons. The number of sulfone groups is 1. The highest BCUT2D eigenvalue weighted by Crippen LogP contribution is 2.47. The molecule has 0 bridgehead atoms. The van der Waals surface area contributed by atoms with E-state index in [0.717, 1.165) is 86.1 Å². The van der Waals surface area contributed by atoms with Crippen molar-refractivity contribution in [1.29, 1.82) is 0 Å². The van der Waals surface area contributed by atoms with Crippen molar-refractivity contribution in [2.75, 3.05) is 19.6 Å². The van der Waals surface area contributed by atoms with Crippen LogP contribution < -0.4 is 0 Å². The van der Waals surface area contributed by atoms with Crippen molar-refractivity contribution in [3.05, 3.63) is 53.6 Å². The Balaban J connectivity index is 1.14. The molecule has 2 aromatic rings. The number of amidine groups is 1. The van der Waals surface area contributed by atoms with Crippen LogP contribution in [0.15, 0.2) is 52.4 Å². The van der Waals surface area contributed by atoms with Gasteiger partial charge in [0.25, 0.3) is 5.91 Å². The zero-order valence-corrected chi connectivity index (χ0v) is 22.5. The molecular formula is C30H33N3O4S. The van der Waals surface area contributed by atoms with E-state index in [1.807, 2.05) is 41.0 Å². The van der Waals surface area contributed by atoms with Gasteiger partial charge >= 0.3 is 0 Å². The number of rotatable bonds is 7. The van der Waals surface area contributed by atoms with Gasteiger partial charge in [0.2, 0.25) is 5.91 Å². The Bertz CT molecular complexity index is 1480. The summed E-state index contributed by atoms with van der Waals surface area (Å²) >= 11 is 0. The molecule has 1 atom stereocenters. The molecule has 3 aliphatic carbocycles. The molecule has 7 rings (SSSR count). The summed E-state index contributed by atoms with van der Waals surface area (Å²) in [6, 6.07) is 13.3. The number of amides is 2. The van der Waals surface area contributed by atoms with Gasteiger partial charge in [0.15, 0.2) is 9.84 Å². The number of carbonyl (C=O) groups excluding carboxylic acids is 2. The molecule has 2 aromatic carbocycles. The van der Waals surface area contributed by atoms with E-state index in [9.17, 15) is 18.0 Å². The van der Waals surface area contributed by atoms with Crippen LogP contribution in [0.5, 0.6) is 0 Å². The van der Waals surface area contributed by atoms with Crippen molar-refractivity contribution in [2.24, 2.45) is 16.8 Å². The molecule has 38 heavy (non-hydrogen) atoms. The number of hydrogen-bond donors (Lipinski definition) is 0. The number of aryl methyl sites for hydroxylation is 1. The van der Waals surface area contributed by atoms with E-state index >= 15 is 0 Å². The fraction of sp³-hybridized carbons (Fsp3) is 0.500. The highest BCUT2D eigenvalue weighted by Gasteiger charge is 2.57. The van der Waals surface area contributed by atoms with E-state index in [0.29, 0.717) is 11.4 Å². The van der Waals surface area contributed by atoms with E-state index in [1.165, 1.54) is 0 Å². The minimum Gasteiger partial charge on any atom is -0.342 e. The third kappa shape index (κ3) is 4.08. The third-order valence-electron chi connectivity index (χ3n) is 8.83. The molecule has 1 unspecified atom stereocenters. The second kappa shape index (κ2) is 8.50. The maximum Gasteiger partial charge on any atom is 0.256 e. The molecule has 5 aliphatic rings. The molecule has 0 N–H and O–H groups in total. The Hall–Kier alpha value is -3.00. The summed E-state index contributed by atoms with van der Waals surface area (Å²) in [6.45, 7) is 4.12. The smallest absolute Gasteiger partial charge is 0.256 e. The largest absolute Gasteiger partial charge is 0.342 e. The average molecular weight is 532 g/mol. The summed E-state index contributed by atoms with van der Waals surface area (Å²) in [5.41, 5.74) is 3.17. The number of nitrogens with zero attached hydrogens (tertiary/aromatic N) is 3. The fourth-order valence-electron chi connectivity index (χ4n) is 6.02. The topological polar surface area (TPSA) is 87.1 Å². The maximum absolute atomic E-state index is 13.5. The van der Waals surface area contributed by atoms with Crippen molar-refractivity contribution in [3.63, 3.8) is 0 Å². The predicted molar refractivity (Wildman–Crippen MR) is 144 cm³/mol. The molecule has 4 fully saturated rings. The van der Waals surface area contributed by atoms with Gasteiger partial charge in [-0.3, -0.25) is 19.5 Å². The van der Waals surface area contributed by atoms with Gasteiger partial charge in [0.1, 0.15) is 11.4 Å². The first-order valence-electron chi connectivity index (χ1n) is 13.9. The molecule has 2 heterocycles. The summed E-state index contributed by atoms with van der Waals surface area (Å²) in [7, 11) is -3.26. The van der Waals surface area contributed by atoms with Crippen molar-refractivity contribution in [3.8, 4) is 11.1 Å². The van der Waals surface area contributed by atoms with Crippen LogP contribution in [-0.4, -0.2) is 66.3 Å². The van der Waals surface area contributed by atoms with Crippen LogP contribution in [0.3, 0.4) is 0 Å². The van der Waals surface area contributed by atoms with Gasteiger partial charge in [0.05, 0.1) is 10.1 Å². The lowest BCUT2D eigenvalue weighted by Crippen LogP contribution is -2.41. The summed E-state index contributed by atoms with van der Waals surface area (Å²) in [5, 5.41) is -0.237. The normalized spacial score (nSPS) is 24.3. The van der Waals surface area contributed by atoms with Crippen molar-refractivity contribution in [1.82, 2.24) is 9.80 Å². The van der Waals surface area contributed by atoms with Crippen LogP contribution in [0.4, 0.5) is 0 Å². The van der Waals surface area contributed by atoms with Gasteiger partial charge in [0, 0.05) is 31.1 Å². The molecule has 1 spiro atoms. The first kappa shape index (κ1) is 24.1. The SMILES string of the molecule is Cc1cc(-c2cccc(S(=O)(=O)C3CC3)c2)ccc1C1=NC2(CC2)C(=O)N1CC1CCN(C(=O)C2CC2)C1. The van der Waals surface area contributed by atoms with Crippen LogP contribution in [0, 0.1) is 18.8 Å². The van der Waals surface area contributed by atoms with Crippen LogP contribution in [0.2, 0.25) is 0 Å². The number of hydrogen-bond acceptors (Lipinski definition) is 5. The number of carbonyl (C=O) groups is 2. The minimum atomic E-state index is -3.26. The van der Waals surface area contributed by atoms with Gasteiger partial charge in [-0.1, -0.05) is 30.3 Å². The molecule has 2 amide bonds. The lowest BCUT2D eigenvalue weighted by atomic mass is 9.98. The van der Waals surface area contributed by atoms with Gasteiger partial charge in [-0.15, -0.1) is 0 Å². The molecule has 8 heteroatoms. The summed E-state index contributed by atoms with van der Waals surface area (Å²) in [6.07, 6.45) is 6.02. The molecule has 1 saturated heterocycles. The van der Waals surface area contributed by atoms with Gasteiger partial charge < -0.3 is 4.90 Å². The quantitative estimate of drug-likeness (QED) is 0.541. The van der Waals surface area contributed by atoms with Gasteiger partial charge in [-0.25, -0.2) is 8.42 Å². The molecule has 0 radical (unpaired) electrons. The maximum atomic E-state index is 13.5. The average Bonchev–Trinajstić information content (AvgIpc) is 3.78. The fourth-order valence-corrected chi connectivity index (χ4v) is 7.72. The molecule has 3 saturated carbocycles. The van der Waals surface area contributed by atoms with E-state index < -0.39 is 15.4 Å². The first-order chi connectivity index (χ1) is 18.2. The zero-order valence-electron chi connectivity index (χ0n) is 21.7. The van der Waals surface area contributed by atoms with Crippen LogP contribution in [-0.2, 0) is 19.4 Å².